The number of benzene rings is 2. The minimum atomic E-state index is -3.72. The number of hydrogen-bond donors (Lipinski definition) is 1. The van der Waals surface area contributed by atoms with Crippen molar-refractivity contribution in [2.45, 2.75) is 28.4 Å². The summed E-state index contributed by atoms with van der Waals surface area (Å²) in [4.78, 5) is 0.514. The van der Waals surface area contributed by atoms with Crippen LogP contribution in [0, 0.1) is 0 Å². The molecule has 0 aromatic heterocycles. The van der Waals surface area contributed by atoms with Gasteiger partial charge in [-0.05, 0) is 54.8 Å². The lowest BCUT2D eigenvalue weighted by molar-refractivity contribution is 0.252. The fourth-order valence-electron chi connectivity index (χ4n) is 2.02. The molecule has 2 rings (SSSR count). The van der Waals surface area contributed by atoms with Gasteiger partial charge >= 0.3 is 0 Å². The molecule has 0 aliphatic rings. The molecule has 0 heterocycles. The lowest BCUT2D eigenvalue weighted by Crippen LogP contribution is -2.12. The number of anilines is 1. The Balaban J connectivity index is 2.07. The van der Waals surface area contributed by atoms with Gasteiger partial charge in [-0.25, -0.2) is 8.42 Å². The molecule has 130 valence electrons. The number of aryl methyl sites for hydroxylation is 1. The Labute approximate surface area is 149 Å². The normalized spacial score (nSPS) is 11.7. The Morgan fingerprint density at radius 2 is 1.67 bits per heavy atom. The highest BCUT2D eigenvalue weighted by molar-refractivity contribution is 7.99. The zero-order chi connectivity index (χ0) is 17.6. The summed E-state index contributed by atoms with van der Waals surface area (Å²) in [7, 11) is -3.72. The molecule has 0 saturated carbocycles. The van der Waals surface area contributed by atoms with Crippen LogP contribution >= 0.6 is 23.4 Å². The Hall–Kier alpha value is -1.31. The van der Waals surface area contributed by atoms with E-state index < -0.39 is 15.8 Å². The van der Waals surface area contributed by atoms with Crippen molar-refractivity contribution in [2.24, 2.45) is 0 Å². The van der Waals surface area contributed by atoms with Gasteiger partial charge < -0.3 is 0 Å². The molecule has 0 amide bonds. The maximum absolute atomic E-state index is 12.3. The molecule has 2 aromatic rings. The predicted molar refractivity (Wildman–Crippen MR) is 94.6 cm³/mol. The van der Waals surface area contributed by atoms with Crippen LogP contribution < -0.4 is 4.72 Å². The number of halogens is 3. The number of thioether (sulfide) groups is 1. The number of nitrogens with one attached hydrogen (secondary N) is 1. The summed E-state index contributed by atoms with van der Waals surface area (Å²) in [5, 5.41) is 0. The monoisotopic (exact) mass is 391 g/mol. The summed E-state index contributed by atoms with van der Waals surface area (Å²) in [6, 6.07) is 12.4. The van der Waals surface area contributed by atoms with E-state index in [-0.39, 0.29) is 4.90 Å². The quantitative estimate of drug-likeness (QED) is 0.510. The molecule has 0 fully saturated rings. The molecule has 0 aliphatic carbocycles. The summed E-state index contributed by atoms with van der Waals surface area (Å²) >= 11 is 6.04. The zero-order valence-electron chi connectivity index (χ0n) is 12.6. The Kier molecular flexibility index (Phi) is 6.89. The maximum atomic E-state index is 12.3. The van der Waals surface area contributed by atoms with Gasteiger partial charge in [-0.1, -0.05) is 23.9 Å². The van der Waals surface area contributed by atoms with Crippen molar-refractivity contribution in [1.82, 2.24) is 0 Å². The van der Waals surface area contributed by atoms with Gasteiger partial charge in [0.2, 0.25) is 0 Å². The van der Waals surface area contributed by atoms with E-state index in [1.165, 1.54) is 36.4 Å². The summed E-state index contributed by atoms with van der Waals surface area (Å²) in [6.45, 7) is 0. The highest BCUT2D eigenvalue weighted by Crippen LogP contribution is 2.27. The highest BCUT2D eigenvalue weighted by atomic mass is 35.5. The first-order valence-electron chi connectivity index (χ1n) is 7.13. The fraction of sp³-hybridized carbons (Fsp3) is 0.250. The van der Waals surface area contributed by atoms with Crippen molar-refractivity contribution in [3.8, 4) is 0 Å². The Morgan fingerprint density at radius 1 is 1.04 bits per heavy atom. The van der Waals surface area contributed by atoms with E-state index in [9.17, 15) is 17.2 Å². The molecule has 8 heteroatoms. The third kappa shape index (κ3) is 5.65. The molecule has 0 radical (unpaired) electrons. The van der Waals surface area contributed by atoms with E-state index >= 15 is 0 Å². The summed E-state index contributed by atoms with van der Waals surface area (Å²) < 4.78 is 51.6. The smallest absolute Gasteiger partial charge is 0.280 e. The van der Waals surface area contributed by atoms with Crippen LogP contribution in [0.2, 0.25) is 0 Å². The lowest BCUT2D eigenvalue weighted by atomic mass is 10.1. The van der Waals surface area contributed by atoms with Crippen LogP contribution in [-0.2, 0) is 16.4 Å². The first-order chi connectivity index (χ1) is 11.4. The molecule has 0 spiro atoms. The van der Waals surface area contributed by atoms with Crippen LogP contribution in [0.1, 0.15) is 12.0 Å². The molecule has 1 N–H and O–H groups in total. The second-order valence-corrected chi connectivity index (χ2v) is 8.07. The molecule has 0 aliphatic heterocycles. The lowest BCUT2D eigenvalue weighted by Gasteiger charge is -2.09. The zero-order valence-corrected chi connectivity index (χ0v) is 15.0. The Bertz CT molecular complexity index is 751. The van der Waals surface area contributed by atoms with Crippen molar-refractivity contribution in [2.75, 3.05) is 10.6 Å². The predicted octanol–water partition coefficient (Wildman–Crippen LogP) is 4.97. The second kappa shape index (κ2) is 8.69. The molecule has 3 nitrogen and oxygen atoms in total. The van der Waals surface area contributed by atoms with Gasteiger partial charge in [-0.2, -0.15) is 8.78 Å². The molecule has 0 unspecified atom stereocenters. The molecule has 0 bridgehead atoms. The number of hydrogen-bond acceptors (Lipinski definition) is 3. The molecular weight excluding hydrogens is 376 g/mol. The fourth-order valence-corrected chi connectivity index (χ4v) is 3.72. The van der Waals surface area contributed by atoms with Gasteiger partial charge in [0.1, 0.15) is 0 Å². The van der Waals surface area contributed by atoms with Crippen molar-refractivity contribution >= 4 is 39.1 Å². The highest BCUT2D eigenvalue weighted by Gasteiger charge is 2.14. The van der Waals surface area contributed by atoms with Gasteiger partial charge in [0.05, 0.1) is 4.90 Å². The van der Waals surface area contributed by atoms with E-state index in [0.29, 0.717) is 28.2 Å². The largest absolute Gasteiger partial charge is 0.288 e. The maximum Gasteiger partial charge on any atom is 0.288 e. The minimum absolute atomic E-state index is 0.142. The van der Waals surface area contributed by atoms with Crippen molar-refractivity contribution in [1.29, 1.82) is 0 Å². The van der Waals surface area contributed by atoms with Gasteiger partial charge in [0.15, 0.2) is 0 Å². The third-order valence-electron chi connectivity index (χ3n) is 3.16. The molecule has 24 heavy (non-hydrogen) atoms. The molecule has 0 atom stereocenters. The number of rotatable bonds is 8. The van der Waals surface area contributed by atoms with Crippen LogP contribution in [-0.4, -0.2) is 20.1 Å². The van der Waals surface area contributed by atoms with Crippen LogP contribution in [0.4, 0.5) is 14.5 Å². The second-order valence-electron chi connectivity index (χ2n) is 4.94. The van der Waals surface area contributed by atoms with Crippen molar-refractivity contribution in [3.05, 3.63) is 54.1 Å². The van der Waals surface area contributed by atoms with Gasteiger partial charge in [0.25, 0.3) is 15.8 Å². The van der Waals surface area contributed by atoms with E-state index in [1.807, 2.05) is 0 Å². The van der Waals surface area contributed by atoms with Crippen molar-refractivity contribution < 1.29 is 17.2 Å². The van der Waals surface area contributed by atoms with Crippen LogP contribution in [0.15, 0.2) is 58.3 Å². The molecule has 0 saturated heterocycles. The van der Waals surface area contributed by atoms with Crippen molar-refractivity contribution in [3.63, 3.8) is 0 Å². The van der Waals surface area contributed by atoms with E-state index in [4.69, 9.17) is 11.6 Å². The molecule has 2 aromatic carbocycles. The SMILES string of the molecule is O=S(=O)(Nc1ccc(SC(F)F)cc1)c1ccc(CCCCl)cc1. The topological polar surface area (TPSA) is 46.2 Å². The standard InChI is InChI=1S/C16H16ClF2NO2S2/c17-11-1-2-12-3-9-15(10-4-12)24(21,22)20-13-5-7-14(8-6-13)23-16(18)19/h3-10,16,20H,1-2,11H2. The summed E-state index contributed by atoms with van der Waals surface area (Å²) in [5.74, 6) is -1.95. The Morgan fingerprint density at radius 3 is 2.21 bits per heavy atom. The van der Waals surface area contributed by atoms with Gasteiger partial charge in [-0.3, -0.25) is 4.72 Å². The van der Waals surface area contributed by atoms with Crippen LogP contribution in [0.25, 0.3) is 0 Å². The average Bonchev–Trinajstić information content (AvgIpc) is 2.54. The van der Waals surface area contributed by atoms with Gasteiger partial charge in [-0.15, -0.1) is 11.6 Å². The van der Waals surface area contributed by atoms with E-state index in [1.54, 1.807) is 12.1 Å². The van der Waals surface area contributed by atoms with Crippen LogP contribution in [0.3, 0.4) is 0 Å². The van der Waals surface area contributed by atoms with Crippen LogP contribution in [0.5, 0.6) is 0 Å². The minimum Gasteiger partial charge on any atom is -0.280 e. The van der Waals surface area contributed by atoms with E-state index in [0.717, 1.165) is 18.4 Å². The third-order valence-corrected chi connectivity index (χ3v) is 5.55. The summed E-state index contributed by atoms with van der Waals surface area (Å²) in [6.07, 6.45) is 1.62. The number of alkyl halides is 3. The van der Waals surface area contributed by atoms with E-state index in [2.05, 4.69) is 4.72 Å². The number of sulfonamides is 1. The molecular formula is C16H16ClF2NO2S2. The summed E-state index contributed by atoms with van der Waals surface area (Å²) in [5.41, 5.74) is 1.34. The first kappa shape index (κ1) is 19.0. The average molecular weight is 392 g/mol. The van der Waals surface area contributed by atoms with Gasteiger partial charge in [0, 0.05) is 16.5 Å². The first-order valence-corrected chi connectivity index (χ1v) is 10.0.